The third-order valence-corrected chi connectivity index (χ3v) is 3.55. The van der Waals surface area contributed by atoms with E-state index in [2.05, 4.69) is 61.3 Å². The van der Waals surface area contributed by atoms with E-state index in [4.69, 9.17) is 4.74 Å². The third-order valence-electron chi connectivity index (χ3n) is 3.55. The Kier molecular flexibility index (Phi) is 6.23. The molecule has 116 valence electrons. The fraction of sp³-hybridized carbons (Fsp3) is 0.300. The summed E-state index contributed by atoms with van der Waals surface area (Å²) in [5.74, 6) is 0.898. The second-order valence-corrected chi connectivity index (χ2v) is 5.65. The predicted octanol–water partition coefficient (Wildman–Crippen LogP) is 4.88. The lowest BCUT2D eigenvalue weighted by Gasteiger charge is -2.18. The Labute approximate surface area is 133 Å². The van der Waals surface area contributed by atoms with Gasteiger partial charge in [-0.1, -0.05) is 56.0 Å². The van der Waals surface area contributed by atoms with Crippen LogP contribution in [0.5, 0.6) is 5.75 Å². The first-order chi connectivity index (χ1) is 10.7. The Bertz CT molecular complexity index is 592. The average molecular weight is 295 g/mol. The Morgan fingerprint density at radius 2 is 1.91 bits per heavy atom. The summed E-state index contributed by atoms with van der Waals surface area (Å²) in [7, 11) is 0. The molecule has 22 heavy (non-hydrogen) atoms. The fourth-order valence-corrected chi connectivity index (χ4v) is 2.38. The van der Waals surface area contributed by atoms with Crippen LogP contribution >= 0.6 is 0 Å². The molecule has 0 aliphatic heterocycles. The van der Waals surface area contributed by atoms with Crippen molar-refractivity contribution in [2.24, 2.45) is 0 Å². The minimum Gasteiger partial charge on any atom is -0.489 e. The standard InChI is InChI=1S/C20H25NO/c1-4-20(18-10-6-5-7-11-18)21-14-17-9-8-12-19(13-17)22-15-16(2)3/h5-13,20-21H,2,4,14-15H2,1,3H3. The molecule has 2 heteroatoms. The van der Waals surface area contributed by atoms with Gasteiger partial charge >= 0.3 is 0 Å². The smallest absolute Gasteiger partial charge is 0.120 e. The van der Waals surface area contributed by atoms with Crippen molar-refractivity contribution in [3.63, 3.8) is 0 Å². The molecule has 2 rings (SSSR count). The van der Waals surface area contributed by atoms with E-state index >= 15 is 0 Å². The van der Waals surface area contributed by atoms with Gasteiger partial charge in [0.05, 0.1) is 0 Å². The molecule has 0 aliphatic rings. The zero-order chi connectivity index (χ0) is 15.8. The Balaban J connectivity index is 1.95. The summed E-state index contributed by atoms with van der Waals surface area (Å²) < 4.78 is 5.70. The molecule has 0 aliphatic carbocycles. The molecular formula is C20H25NO. The summed E-state index contributed by atoms with van der Waals surface area (Å²) in [4.78, 5) is 0. The van der Waals surface area contributed by atoms with Crippen molar-refractivity contribution < 1.29 is 4.74 Å². The molecule has 1 unspecified atom stereocenters. The van der Waals surface area contributed by atoms with Crippen LogP contribution in [0.3, 0.4) is 0 Å². The van der Waals surface area contributed by atoms with Gasteiger partial charge in [-0.25, -0.2) is 0 Å². The minimum atomic E-state index is 0.376. The van der Waals surface area contributed by atoms with Crippen LogP contribution in [-0.2, 0) is 6.54 Å². The van der Waals surface area contributed by atoms with Gasteiger partial charge in [-0.05, 0) is 42.2 Å². The van der Waals surface area contributed by atoms with Crippen LogP contribution < -0.4 is 10.1 Å². The van der Waals surface area contributed by atoms with Gasteiger partial charge < -0.3 is 10.1 Å². The SMILES string of the molecule is C=C(C)COc1cccc(CNC(CC)c2ccccc2)c1. The quantitative estimate of drug-likeness (QED) is 0.701. The molecule has 0 aromatic heterocycles. The van der Waals surface area contributed by atoms with E-state index in [0.717, 1.165) is 24.3 Å². The molecule has 2 aromatic carbocycles. The van der Waals surface area contributed by atoms with Crippen LogP contribution in [0.4, 0.5) is 0 Å². The molecule has 0 fully saturated rings. The molecule has 0 amide bonds. The monoisotopic (exact) mass is 295 g/mol. The van der Waals surface area contributed by atoms with Gasteiger partial charge in [0.15, 0.2) is 0 Å². The number of rotatable bonds is 8. The van der Waals surface area contributed by atoms with Gasteiger partial charge in [-0.2, -0.15) is 0 Å². The van der Waals surface area contributed by atoms with Crippen molar-refractivity contribution in [1.29, 1.82) is 0 Å². The molecule has 0 saturated heterocycles. The van der Waals surface area contributed by atoms with Crippen LogP contribution in [0.1, 0.15) is 37.4 Å². The summed E-state index contributed by atoms with van der Waals surface area (Å²) in [6.07, 6.45) is 1.07. The van der Waals surface area contributed by atoms with Crippen molar-refractivity contribution >= 4 is 0 Å². The van der Waals surface area contributed by atoms with E-state index in [1.165, 1.54) is 11.1 Å². The lowest BCUT2D eigenvalue weighted by atomic mass is 10.0. The third kappa shape index (κ3) is 5.05. The maximum atomic E-state index is 5.70. The van der Waals surface area contributed by atoms with Gasteiger partial charge in [0, 0.05) is 12.6 Å². The summed E-state index contributed by atoms with van der Waals surface area (Å²) in [5.41, 5.74) is 3.59. The van der Waals surface area contributed by atoms with E-state index in [-0.39, 0.29) is 0 Å². The number of benzene rings is 2. The molecule has 1 N–H and O–H groups in total. The van der Waals surface area contributed by atoms with Crippen molar-refractivity contribution in [3.8, 4) is 5.75 Å². The minimum absolute atomic E-state index is 0.376. The molecule has 2 aromatic rings. The number of hydrogen-bond acceptors (Lipinski definition) is 2. The van der Waals surface area contributed by atoms with Crippen molar-refractivity contribution in [3.05, 3.63) is 77.9 Å². The molecule has 0 radical (unpaired) electrons. The zero-order valence-corrected chi connectivity index (χ0v) is 13.5. The van der Waals surface area contributed by atoms with Crippen molar-refractivity contribution in [2.45, 2.75) is 32.9 Å². The van der Waals surface area contributed by atoms with Crippen LogP contribution in [0.15, 0.2) is 66.7 Å². The normalized spacial score (nSPS) is 11.9. The largest absolute Gasteiger partial charge is 0.489 e. The van der Waals surface area contributed by atoms with Gasteiger partial charge in [-0.15, -0.1) is 0 Å². The maximum Gasteiger partial charge on any atom is 0.120 e. The summed E-state index contributed by atoms with van der Waals surface area (Å²) in [6.45, 7) is 9.43. The highest BCUT2D eigenvalue weighted by molar-refractivity contribution is 5.29. The molecule has 2 nitrogen and oxygen atoms in total. The first kappa shape index (κ1) is 16.3. The van der Waals surface area contributed by atoms with Crippen LogP contribution in [-0.4, -0.2) is 6.61 Å². The molecule has 0 spiro atoms. The highest BCUT2D eigenvalue weighted by atomic mass is 16.5. The average Bonchev–Trinajstić information content (AvgIpc) is 2.55. The highest BCUT2D eigenvalue weighted by Crippen LogP contribution is 2.18. The molecular weight excluding hydrogens is 270 g/mol. The molecule has 0 saturated carbocycles. The van der Waals surface area contributed by atoms with Crippen molar-refractivity contribution in [2.75, 3.05) is 6.61 Å². The molecule has 1 atom stereocenters. The second kappa shape index (κ2) is 8.40. The first-order valence-corrected chi connectivity index (χ1v) is 7.83. The zero-order valence-electron chi connectivity index (χ0n) is 13.5. The van der Waals surface area contributed by atoms with Gasteiger partial charge in [0.25, 0.3) is 0 Å². The fourth-order valence-electron chi connectivity index (χ4n) is 2.38. The lowest BCUT2D eigenvalue weighted by molar-refractivity contribution is 0.352. The van der Waals surface area contributed by atoms with Crippen LogP contribution in [0.25, 0.3) is 0 Å². The van der Waals surface area contributed by atoms with E-state index in [9.17, 15) is 0 Å². The number of nitrogens with one attached hydrogen (secondary N) is 1. The van der Waals surface area contributed by atoms with Crippen LogP contribution in [0.2, 0.25) is 0 Å². The van der Waals surface area contributed by atoms with Gasteiger partial charge in [0.1, 0.15) is 12.4 Å². The summed E-state index contributed by atoms with van der Waals surface area (Å²) in [5, 5.41) is 3.62. The number of ether oxygens (including phenoxy) is 1. The highest BCUT2D eigenvalue weighted by Gasteiger charge is 2.08. The summed E-state index contributed by atoms with van der Waals surface area (Å²) in [6, 6.07) is 19.2. The lowest BCUT2D eigenvalue weighted by Crippen LogP contribution is -2.20. The van der Waals surface area contributed by atoms with Gasteiger partial charge in [-0.3, -0.25) is 0 Å². The topological polar surface area (TPSA) is 21.3 Å². The summed E-state index contributed by atoms with van der Waals surface area (Å²) >= 11 is 0. The Morgan fingerprint density at radius 3 is 2.59 bits per heavy atom. The van der Waals surface area contributed by atoms with E-state index < -0.39 is 0 Å². The Morgan fingerprint density at radius 1 is 1.14 bits per heavy atom. The number of hydrogen-bond donors (Lipinski definition) is 1. The van der Waals surface area contributed by atoms with E-state index in [1.807, 2.05) is 19.1 Å². The molecule has 0 bridgehead atoms. The van der Waals surface area contributed by atoms with Crippen molar-refractivity contribution in [1.82, 2.24) is 5.32 Å². The van der Waals surface area contributed by atoms with Crippen LogP contribution in [0, 0.1) is 0 Å². The first-order valence-electron chi connectivity index (χ1n) is 7.83. The second-order valence-electron chi connectivity index (χ2n) is 5.65. The molecule has 0 heterocycles. The van der Waals surface area contributed by atoms with E-state index in [1.54, 1.807) is 0 Å². The van der Waals surface area contributed by atoms with Gasteiger partial charge in [0.2, 0.25) is 0 Å². The maximum absolute atomic E-state index is 5.70. The Hall–Kier alpha value is -2.06. The predicted molar refractivity (Wildman–Crippen MR) is 93.1 cm³/mol. The van der Waals surface area contributed by atoms with E-state index in [0.29, 0.717) is 12.6 Å².